The Bertz CT molecular complexity index is 786. The molecule has 3 heterocycles. The minimum absolute atomic E-state index is 0. The number of nitrogens with two attached hydrogens (primary N) is 1. The zero-order valence-electron chi connectivity index (χ0n) is 13.3. The van der Waals surface area contributed by atoms with Gasteiger partial charge in [0.25, 0.3) is 0 Å². The first kappa shape index (κ1) is 19.4. The number of anilines is 1. The molecule has 0 aliphatic carbocycles. The molecule has 2 aromatic heterocycles. The van der Waals surface area contributed by atoms with Gasteiger partial charge in [0.05, 0.1) is 12.9 Å². The summed E-state index contributed by atoms with van der Waals surface area (Å²) in [6, 6.07) is 0. The lowest BCUT2D eigenvalue weighted by Crippen LogP contribution is -2.16. The standard InChI is InChI=1S/C12H15FN5O5P.H3N/c1-2-21-24(19)22-6-20-8-3-7(13)12(23-8)18-5-17-9-10(14)15-4-16-11(9)18;/h3-5,8,12,24H,2,6H2,1H3,(H2,14,15,16);1H3/t8-,12+;/m0./s1. The SMILES string of the molecule is CCO[PH](=O)OCO[C@@H]1C=C(F)[C@H](n2cnc3c(N)ncnc32)O1.N. The lowest BCUT2D eigenvalue weighted by atomic mass is 10.4. The molecule has 0 saturated heterocycles. The maximum atomic E-state index is 14.1. The Hall–Kier alpha value is -1.95. The van der Waals surface area contributed by atoms with Gasteiger partial charge in [-0.25, -0.2) is 19.3 Å². The fourth-order valence-corrected chi connectivity index (χ4v) is 2.56. The summed E-state index contributed by atoms with van der Waals surface area (Å²) in [6.07, 6.45) is 1.61. The molecule has 25 heavy (non-hydrogen) atoms. The van der Waals surface area contributed by atoms with E-state index in [2.05, 4.69) is 15.0 Å². The van der Waals surface area contributed by atoms with Crippen molar-refractivity contribution in [3.63, 3.8) is 0 Å². The van der Waals surface area contributed by atoms with E-state index in [1.54, 1.807) is 6.92 Å². The van der Waals surface area contributed by atoms with E-state index >= 15 is 0 Å². The Balaban J connectivity index is 0.00000225. The minimum Gasteiger partial charge on any atom is -0.382 e. The lowest BCUT2D eigenvalue weighted by Gasteiger charge is -2.16. The van der Waals surface area contributed by atoms with Crippen LogP contribution in [0.2, 0.25) is 0 Å². The third-order valence-electron chi connectivity index (χ3n) is 3.11. The number of nitrogens with zero attached hydrogens (tertiary/aromatic N) is 4. The molecule has 0 amide bonds. The number of rotatable bonds is 7. The van der Waals surface area contributed by atoms with E-state index in [9.17, 15) is 8.96 Å². The molecule has 0 spiro atoms. The van der Waals surface area contributed by atoms with Crippen molar-refractivity contribution in [2.75, 3.05) is 19.1 Å². The Morgan fingerprint density at radius 1 is 1.40 bits per heavy atom. The van der Waals surface area contributed by atoms with Crippen LogP contribution >= 0.6 is 8.25 Å². The lowest BCUT2D eigenvalue weighted by molar-refractivity contribution is -0.168. The monoisotopic (exact) mass is 376 g/mol. The highest BCUT2D eigenvalue weighted by atomic mass is 31.1. The van der Waals surface area contributed by atoms with Crippen LogP contribution in [0, 0.1) is 0 Å². The first-order valence-corrected chi connectivity index (χ1v) is 8.19. The number of fused-ring (bicyclic) bond motifs is 1. The Labute approximate surface area is 142 Å². The van der Waals surface area contributed by atoms with Gasteiger partial charge in [-0.05, 0) is 6.92 Å². The molecule has 1 aliphatic heterocycles. The Kier molecular flexibility index (Phi) is 6.53. The van der Waals surface area contributed by atoms with E-state index < -0.39 is 26.6 Å². The summed E-state index contributed by atoms with van der Waals surface area (Å²) in [5, 5.41) is 0. The molecule has 0 saturated carbocycles. The highest BCUT2D eigenvalue weighted by Gasteiger charge is 2.31. The second kappa shape index (κ2) is 8.43. The van der Waals surface area contributed by atoms with Crippen molar-refractivity contribution in [1.29, 1.82) is 0 Å². The normalized spacial score (nSPS) is 21.1. The molecule has 5 N–H and O–H groups in total. The van der Waals surface area contributed by atoms with Crippen molar-refractivity contribution in [3.05, 3.63) is 24.6 Å². The summed E-state index contributed by atoms with van der Waals surface area (Å²) in [7, 11) is -2.63. The maximum Gasteiger partial charge on any atom is 0.321 e. The van der Waals surface area contributed by atoms with Crippen molar-refractivity contribution < 1.29 is 27.5 Å². The third kappa shape index (κ3) is 4.18. The van der Waals surface area contributed by atoms with Crippen molar-refractivity contribution in [2.45, 2.75) is 19.4 Å². The molecule has 13 heteroatoms. The van der Waals surface area contributed by atoms with E-state index in [0.29, 0.717) is 11.2 Å². The first-order valence-electron chi connectivity index (χ1n) is 6.97. The number of ether oxygens (including phenoxy) is 2. The van der Waals surface area contributed by atoms with E-state index in [-0.39, 0.29) is 25.4 Å². The molecule has 11 nitrogen and oxygen atoms in total. The minimum atomic E-state index is -2.63. The predicted octanol–water partition coefficient (Wildman–Crippen LogP) is 1.70. The van der Waals surface area contributed by atoms with Crippen molar-refractivity contribution >= 4 is 25.2 Å². The Morgan fingerprint density at radius 3 is 2.96 bits per heavy atom. The number of nitrogen functional groups attached to an aromatic ring is 1. The van der Waals surface area contributed by atoms with Gasteiger partial charge in [0.1, 0.15) is 11.8 Å². The second-order valence-electron chi connectivity index (χ2n) is 4.60. The average Bonchev–Trinajstić information content (AvgIpc) is 3.12. The van der Waals surface area contributed by atoms with Crippen LogP contribution in [-0.4, -0.2) is 39.2 Å². The molecule has 138 valence electrons. The fraction of sp³-hybridized carbons (Fsp3) is 0.417. The first-order chi connectivity index (χ1) is 11.6. The van der Waals surface area contributed by atoms with Gasteiger partial charge in [-0.15, -0.1) is 0 Å². The highest BCUT2D eigenvalue weighted by Crippen LogP contribution is 2.33. The van der Waals surface area contributed by atoms with Crippen LogP contribution in [0.25, 0.3) is 11.2 Å². The smallest absolute Gasteiger partial charge is 0.321 e. The summed E-state index contributed by atoms with van der Waals surface area (Å²) >= 11 is 0. The van der Waals surface area contributed by atoms with Gasteiger partial charge >= 0.3 is 8.25 Å². The molecule has 3 rings (SSSR count). The van der Waals surface area contributed by atoms with Crippen molar-refractivity contribution in [2.24, 2.45) is 0 Å². The van der Waals surface area contributed by atoms with Crippen LogP contribution in [0.1, 0.15) is 13.2 Å². The number of aromatic nitrogens is 4. The summed E-state index contributed by atoms with van der Waals surface area (Å²) < 4.78 is 46.8. The van der Waals surface area contributed by atoms with Gasteiger partial charge in [-0.2, -0.15) is 0 Å². The quantitative estimate of drug-likeness (QED) is 0.538. The second-order valence-corrected chi connectivity index (χ2v) is 5.68. The molecule has 0 fully saturated rings. The number of hydrogen-bond acceptors (Lipinski definition) is 10. The number of hydrogen-bond donors (Lipinski definition) is 2. The molecule has 1 unspecified atom stereocenters. The molecule has 0 bridgehead atoms. The van der Waals surface area contributed by atoms with Gasteiger partial charge in [0, 0.05) is 6.08 Å². The van der Waals surface area contributed by atoms with Crippen LogP contribution in [0.15, 0.2) is 24.6 Å². The van der Waals surface area contributed by atoms with E-state index in [1.807, 2.05) is 0 Å². The zero-order valence-corrected chi connectivity index (χ0v) is 14.3. The van der Waals surface area contributed by atoms with Crippen molar-refractivity contribution in [1.82, 2.24) is 25.7 Å². The largest absolute Gasteiger partial charge is 0.382 e. The summed E-state index contributed by atoms with van der Waals surface area (Å²) in [4.78, 5) is 11.9. The zero-order chi connectivity index (χ0) is 17.1. The van der Waals surface area contributed by atoms with Gasteiger partial charge in [0.15, 0.2) is 36.6 Å². The summed E-state index contributed by atoms with van der Waals surface area (Å²) in [6.45, 7) is 1.58. The number of halogens is 1. The van der Waals surface area contributed by atoms with Crippen LogP contribution in [0.3, 0.4) is 0 Å². The van der Waals surface area contributed by atoms with Crippen molar-refractivity contribution in [3.8, 4) is 0 Å². The average molecular weight is 376 g/mol. The topological polar surface area (TPSA) is 159 Å². The number of imidazole rings is 1. The van der Waals surface area contributed by atoms with Gasteiger partial charge < -0.3 is 25.9 Å². The molecule has 0 radical (unpaired) electrons. The van der Waals surface area contributed by atoms with Gasteiger partial charge in [-0.3, -0.25) is 13.7 Å². The maximum absolute atomic E-state index is 14.1. The molecule has 3 atom stereocenters. The third-order valence-corrected chi connectivity index (χ3v) is 3.98. The van der Waals surface area contributed by atoms with Gasteiger partial charge in [-0.1, -0.05) is 0 Å². The molecule has 2 aromatic rings. The molecule has 0 aromatic carbocycles. The van der Waals surface area contributed by atoms with Crippen LogP contribution < -0.4 is 11.9 Å². The Morgan fingerprint density at radius 2 is 2.20 bits per heavy atom. The fourth-order valence-electron chi connectivity index (χ4n) is 2.08. The van der Waals surface area contributed by atoms with E-state index in [1.165, 1.54) is 17.2 Å². The van der Waals surface area contributed by atoms with Crippen LogP contribution in [-0.2, 0) is 23.1 Å². The summed E-state index contributed by atoms with van der Waals surface area (Å²) in [5.41, 5.74) is 6.37. The van der Waals surface area contributed by atoms with Crippen LogP contribution in [0.4, 0.5) is 10.2 Å². The molecular formula is C12H18FN6O5P. The van der Waals surface area contributed by atoms with E-state index in [0.717, 1.165) is 6.08 Å². The predicted molar refractivity (Wildman–Crippen MR) is 85.5 cm³/mol. The molecular weight excluding hydrogens is 358 g/mol. The highest BCUT2D eigenvalue weighted by molar-refractivity contribution is 7.33. The van der Waals surface area contributed by atoms with E-state index in [4.69, 9.17) is 24.3 Å². The molecule has 1 aliphatic rings. The van der Waals surface area contributed by atoms with Crippen LogP contribution in [0.5, 0.6) is 0 Å². The summed E-state index contributed by atoms with van der Waals surface area (Å²) in [5.74, 6) is -0.405. The van der Waals surface area contributed by atoms with Gasteiger partial charge in [0.2, 0.25) is 0 Å².